The second-order valence-electron chi connectivity index (χ2n) is 10.1. The number of ether oxygens (including phenoxy) is 1. The molecule has 0 heterocycles. The van der Waals surface area contributed by atoms with E-state index in [-0.39, 0.29) is 35.9 Å². The molecule has 0 fully saturated rings. The number of benzene rings is 2. The van der Waals surface area contributed by atoms with Crippen molar-refractivity contribution in [2.75, 3.05) is 0 Å². The van der Waals surface area contributed by atoms with Crippen LogP contribution in [0, 0.1) is 0 Å². The van der Waals surface area contributed by atoms with Crippen LogP contribution in [0.2, 0.25) is 0 Å². The third kappa shape index (κ3) is 7.18. The van der Waals surface area contributed by atoms with Crippen molar-refractivity contribution >= 4 is 46.0 Å². The summed E-state index contributed by atoms with van der Waals surface area (Å²) < 4.78 is 6.36. The summed E-state index contributed by atoms with van der Waals surface area (Å²) in [6, 6.07) is 17.4. The van der Waals surface area contributed by atoms with Crippen LogP contribution in [0.1, 0.15) is 26.7 Å². The molecule has 2 aromatic carbocycles. The number of carbonyl (C=O) groups is 2. The Hall–Kier alpha value is -5.50. The maximum absolute atomic E-state index is 13.0. The van der Waals surface area contributed by atoms with Crippen molar-refractivity contribution in [3.05, 3.63) is 108 Å². The Morgan fingerprint density at radius 1 is 0.689 bits per heavy atom. The van der Waals surface area contributed by atoms with Gasteiger partial charge in [-0.15, -0.1) is 0 Å². The van der Waals surface area contributed by atoms with Gasteiger partial charge in [-0.05, 0) is 50.3 Å². The van der Waals surface area contributed by atoms with Crippen LogP contribution in [0.5, 0.6) is 0 Å². The van der Waals surface area contributed by atoms with Crippen LogP contribution in [-0.4, -0.2) is 66.7 Å². The van der Waals surface area contributed by atoms with Gasteiger partial charge < -0.3 is 15.2 Å². The van der Waals surface area contributed by atoms with E-state index in [2.05, 4.69) is 20.3 Å². The molecule has 232 valence electrons. The SMILES string of the molecule is CC(=O)C1(OC2(C(C)=O)C=CC(C(=NO)C(=Nc3ccccc3)NO)=CC2)C=CC(C(=NO)C(=Nc2ccccc2)NO)=CC1. The molecule has 45 heavy (non-hydrogen) atoms. The molecule has 0 saturated heterocycles. The van der Waals surface area contributed by atoms with Gasteiger partial charge in [-0.3, -0.25) is 31.0 Å². The molecule has 0 radical (unpaired) electrons. The fraction of sp³-hybridized carbons (Fsp3) is 0.188. The number of carbonyl (C=O) groups excluding carboxylic acids is 2. The van der Waals surface area contributed by atoms with E-state index in [9.17, 15) is 30.4 Å². The minimum Gasteiger partial charge on any atom is -0.410 e. The summed E-state index contributed by atoms with van der Waals surface area (Å²) in [6.07, 6.45) is 8.96. The van der Waals surface area contributed by atoms with Gasteiger partial charge in [0.05, 0.1) is 11.4 Å². The number of ketones is 2. The summed E-state index contributed by atoms with van der Waals surface area (Å²) in [5, 5.41) is 45.6. The Kier molecular flexibility index (Phi) is 10.3. The smallest absolute Gasteiger partial charge is 0.180 e. The molecular weight excluding hydrogens is 580 g/mol. The van der Waals surface area contributed by atoms with E-state index in [4.69, 9.17) is 4.74 Å². The number of nitrogens with one attached hydrogen (secondary N) is 2. The minimum atomic E-state index is -1.57. The fourth-order valence-electron chi connectivity index (χ4n) is 4.75. The molecular formula is C32H32N6O7. The Labute approximate surface area is 258 Å². The van der Waals surface area contributed by atoms with Gasteiger partial charge in [-0.25, -0.2) is 9.98 Å². The van der Waals surface area contributed by atoms with Crippen molar-refractivity contribution < 1.29 is 35.2 Å². The zero-order valence-corrected chi connectivity index (χ0v) is 24.5. The Morgan fingerprint density at radius 3 is 1.33 bits per heavy atom. The van der Waals surface area contributed by atoms with Crippen LogP contribution in [0.15, 0.2) is 129 Å². The van der Waals surface area contributed by atoms with Crippen molar-refractivity contribution in [3.63, 3.8) is 0 Å². The topological polar surface area (TPSA) is 198 Å². The van der Waals surface area contributed by atoms with Crippen LogP contribution < -0.4 is 11.0 Å². The van der Waals surface area contributed by atoms with Crippen LogP contribution in [0.25, 0.3) is 0 Å². The van der Waals surface area contributed by atoms with Gasteiger partial charge in [0, 0.05) is 24.0 Å². The number of nitrogens with zero attached hydrogens (tertiary/aromatic N) is 4. The Bertz CT molecular complexity index is 1550. The average molecular weight is 613 g/mol. The van der Waals surface area contributed by atoms with Gasteiger partial charge in [-0.2, -0.15) is 0 Å². The van der Waals surface area contributed by atoms with E-state index in [0.29, 0.717) is 22.5 Å². The van der Waals surface area contributed by atoms with Crippen molar-refractivity contribution in [2.24, 2.45) is 20.3 Å². The molecule has 2 unspecified atom stereocenters. The highest BCUT2D eigenvalue weighted by Crippen LogP contribution is 2.37. The molecule has 4 rings (SSSR count). The van der Waals surface area contributed by atoms with E-state index in [1.54, 1.807) is 72.8 Å². The monoisotopic (exact) mass is 612 g/mol. The lowest BCUT2D eigenvalue weighted by molar-refractivity contribution is -0.162. The molecule has 0 aromatic heterocycles. The molecule has 2 atom stereocenters. The van der Waals surface area contributed by atoms with Gasteiger partial charge >= 0.3 is 0 Å². The number of hydroxylamine groups is 2. The Balaban J connectivity index is 1.59. The van der Waals surface area contributed by atoms with E-state index in [1.165, 1.54) is 38.2 Å². The first-order valence-electron chi connectivity index (χ1n) is 13.7. The highest BCUT2D eigenvalue weighted by atomic mass is 16.5. The van der Waals surface area contributed by atoms with Gasteiger partial charge in [-0.1, -0.05) is 71.0 Å². The van der Waals surface area contributed by atoms with Gasteiger partial charge in [0.2, 0.25) is 0 Å². The quantitative estimate of drug-likeness (QED) is 0.0967. The molecule has 0 spiro atoms. The van der Waals surface area contributed by atoms with Crippen molar-refractivity contribution in [1.29, 1.82) is 0 Å². The lowest BCUT2D eigenvalue weighted by Crippen LogP contribution is -2.51. The number of allylic oxidation sites excluding steroid dienone is 2. The molecule has 6 N–H and O–H groups in total. The summed E-state index contributed by atoms with van der Waals surface area (Å²) in [7, 11) is 0. The van der Waals surface area contributed by atoms with Crippen LogP contribution >= 0.6 is 0 Å². The second kappa shape index (κ2) is 14.3. The summed E-state index contributed by atoms with van der Waals surface area (Å²) in [5.41, 5.74) is 2.18. The molecule has 2 aliphatic rings. The predicted octanol–water partition coefficient (Wildman–Crippen LogP) is 4.51. The van der Waals surface area contributed by atoms with Gasteiger partial charge in [0.15, 0.2) is 34.7 Å². The number of oxime groups is 2. The lowest BCUT2D eigenvalue weighted by Gasteiger charge is -2.40. The first kappa shape index (κ1) is 32.4. The Morgan fingerprint density at radius 2 is 1.07 bits per heavy atom. The van der Waals surface area contributed by atoms with E-state index >= 15 is 0 Å². The molecule has 13 heteroatoms. The molecule has 0 aliphatic heterocycles. The molecule has 2 aromatic rings. The zero-order chi connectivity index (χ0) is 32.5. The number of hydrogen-bond donors (Lipinski definition) is 6. The summed E-state index contributed by atoms with van der Waals surface area (Å²) in [6.45, 7) is 2.67. The average Bonchev–Trinajstić information content (AvgIpc) is 3.06. The largest absolute Gasteiger partial charge is 0.410 e. The highest BCUT2D eigenvalue weighted by molar-refractivity contribution is 6.48. The van der Waals surface area contributed by atoms with Gasteiger partial charge in [0.25, 0.3) is 0 Å². The summed E-state index contributed by atoms with van der Waals surface area (Å²) in [4.78, 5) is 34.6. The normalized spacial score (nSPS) is 22.4. The molecule has 0 amide bonds. The maximum atomic E-state index is 13.0. The highest BCUT2D eigenvalue weighted by Gasteiger charge is 2.46. The predicted molar refractivity (Wildman–Crippen MR) is 167 cm³/mol. The number of hydrogen-bond acceptors (Lipinski definition) is 11. The molecule has 0 bridgehead atoms. The number of Topliss-reactive ketones (excluding diaryl/α,β-unsaturated/α-hetero) is 2. The molecule has 0 saturated carbocycles. The number of para-hydroxylation sites is 2. The van der Waals surface area contributed by atoms with Gasteiger partial charge in [0.1, 0.15) is 11.2 Å². The van der Waals surface area contributed by atoms with Crippen LogP contribution in [0.4, 0.5) is 11.4 Å². The van der Waals surface area contributed by atoms with Crippen molar-refractivity contribution in [1.82, 2.24) is 11.0 Å². The van der Waals surface area contributed by atoms with E-state index in [1.807, 2.05) is 11.0 Å². The molecule has 13 nitrogen and oxygen atoms in total. The van der Waals surface area contributed by atoms with E-state index < -0.39 is 22.8 Å². The van der Waals surface area contributed by atoms with Crippen LogP contribution in [0.3, 0.4) is 0 Å². The van der Waals surface area contributed by atoms with Crippen molar-refractivity contribution in [2.45, 2.75) is 37.9 Å². The van der Waals surface area contributed by atoms with Crippen molar-refractivity contribution in [3.8, 4) is 0 Å². The second-order valence-corrected chi connectivity index (χ2v) is 10.1. The zero-order valence-electron chi connectivity index (χ0n) is 24.5. The summed E-state index contributed by atoms with van der Waals surface area (Å²) in [5.74, 6) is -1.06. The number of rotatable bonds is 10. The minimum absolute atomic E-state index is 0.0393. The van der Waals surface area contributed by atoms with Crippen LogP contribution in [-0.2, 0) is 14.3 Å². The molecule has 2 aliphatic carbocycles. The van der Waals surface area contributed by atoms with E-state index in [0.717, 1.165) is 0 Å². The third-order valence-electron chi connectivity index (χ3n) is 7.27. The summed E-state index contributed by atoms with van der Waals surface area (Å²) >= 11 is 0. The number of aliphatic imine (C=N–C) groups is 2. The first-order valence-corrected chi connectivity index (χ1v) is 13.7. The fourth-order valence-corrected chi connectivity index (χ4v) is 4.75. The number of amidine groups is 2. The maximum Gasteiger partial charge on any atom is 0.180 e. The third-order valence-corrected chi connectivity index (χ3v) is 7.27. The first-order chi connectivity index (χ1) is 21.7. The standard InChI is InChI=1S/C32H32N6O7/c1-21(39)31(17-13-23(14-18-31)27(35-41)29(37-43)33-25-9-5-3-6-10-25)45-32(22(2)40)19-15-24(16-20-32)28(36-42)30(38-44)34-26-11-7-4-8-12-26/h3-17,19,41-44H,18,20H2,1-2H3,(H,33,37)(H,34,38). The lowest BCUT2D eigenvalue weighted by atomic mass is 9.82.